The van der Waals surface area contributed by atoms with Crippen LogP contribution in [-0.2, 0) is 15.1 Å². The minimum absolute atomic E-state index is 0.316. The second kappa shape index (κ2) is 6.32. The molecular formula is C17H22N2O3. The molecule has 22 heavy (non-hydrogen) atoms. The number of amides is 1. The lowest BCUT2D eigenvalue weighted by molar-refractivity contribution is 0.0167. The summed E-state index contributed by atoms with van der Waals surface area (Å²) in [4.78, 5) is 28.7. The molecule has 1 aliphatic heterocycles. The van der Waals surface area contributed by atoms with Crippen LogP contribution in [0, 0.1) is 0 Å². The Balaban J connectivity index is 2.11. The Labute approximate surface area is 131 Å². The molecule has 0 unspecified atom stereocenters. The molecule has 0 aromatic heterocycles. The Hall–Kier alpha value is -2.13. The maximum atomic E-state index is 12.1. The van der Waals surface area contributed by atoms with Crippen molar-refractivity contribution in [3.05, 3.63) is 35.9 Å². The number of hydrogen-bond acceptors (Lipinski definition) is 4. The molecule has 1 fully saturated rings. The number of benzene rings is 1. The molecular weight excluding hydrogens is 280 g/mol. The molecule has 1 saturated heterocycles. The van der Waals surface area contributed by atoms with E-state index < -0.39 is 11.1 Å². The molecule has 0 saturated carbocycles. The Bertz CT molecular complexity index is 563. The number of hydrogen-bond donors (Lipinski definition) is 0. The third-order valence-electron chi connectivity index (χ3n) is 3.81. The van der Waals surface area contributed by atoms with Crippen molar-refractivity contribution in [2.75, 3.05) is 13.1 Å². The van der Waals surface area contributed by atoms with Crippen molar-refractivity contribution in [2.45, 2.75) is 44.8 Å². The molecule has 1 aromatic carbocycles. The molecule has 0 bridgehead atoms. The summed E-state index contributed by atoms with van der Waals surface area (Å²) < 4.78 is 5.39. The van der Waals surface area contributed by atoms with Gasteiger partial charge in [-0.15, -0.1) is 0 Å². The van der Waals surface area contributed by atoms with Crippen molar-refractivity contribution < 1.29 is 14.3 Å². The molecule has 0 spiro atoms. The van der Waals surface area contributed by atoms with Crippen LogP contribution in [0.4, 0.5) is 4.79 Å². The van der Waals surface area contributed by atoms with Crippen molar-refractivity contribution in [1.29, 1.82) is 0 Å². The number of isocyanates is 1. The summed E-state index contributed by atoms with van der Waals surface area (Å²) in [6, 6.07) is 9.71. The molecule has 0 atom stereocenters. The fourth-order valence-electron chi connectivity index (χ4n) is 2.69. The highest BCUT2D eigenvalue weighted by Gasteiger charge is 2.38. The van der Waals surface area contributed by atoms with Crippen LogP contribution in [-0.4, -0.2) is 35.8 Å². The van der Waals surface area contributed by atoms with Gasteiger partial charge in [0, 0.05) is 13.1 Å². The van der Waals surface area contributed by atoms with Crippen LogP contribution in [0.25, 0.3) is 0 Å². The first-order valence-corrected chi connectivity index (χ1v) is 7.49. The smallest absolute Gasteiger partial charge is 0.410 e. The zero-order valence-electron chi connectivity index (χ0n) is 13.3. The van der Waals surface area contributed by atoms with E-state index >= 15 is 0 Å². The molecule has 0 radical (unpaired) electrons. The van der Waals surface area contributed by atoms with Gasteiger partial charge >= 0.3 is 6.09 Å². The summed E-state index contributed by atoms with van der Waals surface area (Å²) in [5.41, 5.74) is -0.102. The van der Waals surface area contributed by atoms with Gasteiger partial charge in [-0.25, -0.2) is 9.59 Å². The lowest BCUT2D eigenvalue weighted by Gasteiger charge is -2.38. The third kappa shape index (κ3) is 3.74. The Morgan fingerprint density at radius 3 is 2.32 bits per heavy atom. The number of nitrogens with zero attached hydrogens (tertiary/aromatic N) is 2. The molecule has 0 N–H and O–H groups in total. The maximum absolute atomic E-state index is 12.1. The molecule has 1 aliphatic rings. The summed E-state index contributed by atoms with van der Waals surface area (Å²) in [6.07, 6.45) is 2.56. The lowest BCUT2D eigenvalue weighted by atomic mass is 9.81. The highest BCUT2D eigenvalue weighted by molar-refractivity contribution is 5.68. The van der Waals surface area contributed by atoms with Gasteiger partial charge in [0.1, 0.15) is 11.1 Å². The van der Waals surface area contributed by atoms with E-state index in [-0.39, 0.29) is 6.09 Å². The molecule has 2 rings (SSSR count). The standard InChI is InChI=1S/C17H22N2O3/c1-16(2,3)22-15(21)19-11-9-17(10-12-19,18-13-20)14-7-5-4-6-8-14/h4-8H,9-12H2,1-3H3. The van der Waals surface area contributed by atoms with E-state index in [1.54, 1.807) is 11.0 Å². The van der Waals surface area contributed by atoms with Gasteiger partial charge in [-0.3, -0.25) is 0 Å². The summed E-state index contributed by atoms with van der Waals surface area (Å²) in [7, 11) is 0. The van der Waals surface area contributed by atoms with Gasteiger partial charge in [0.15, 0.2) is 0 Å². The lowest BCUT2D eigenvalue weighted by Crippen LogP contribution is -2.46. The van der Waals surface area contributed by atoms with Gasteiger partial charge in [-0.05, 0) is 39.2 Å². The number of rotatable bonds is 2. The van der Waals surface area contributed by atoms with Crippen LogP contribution in [0.1, 0.15) is 39.2 Å². The molecule has 5 nitrogen and oxygen atoms in total. The summed E-state index contributed by atoms with van der Waals surface area (Å²) in [5.74, 6) is 0. The zero-order valence-corrected chi connectivity index (χ0v) is 13.3. The number of carbonyl (C=O) groups is 1. The fourth-order valence-corrected chi connectivity index (χ4v) is 2.69. The van der Waals surface area contributed by atoms with Gasteiger partial charge in [0.25, 0.3) is 0 Å². The van der Waals surface area contributed by atoms with Crippen LogP contribution >= 0.6 is 0 Å². The van der Waals surface area contributed by atoms with Crippen molar-refractivity contribution >= 4 is 12.2 Å². The Kier molecular flexibility index (Phi) is 4.67. The third-order valence-corrected chi connectivity index (χ3v) is 3.81. The van der Waals surface area contributed by atoms with E-state index in [2.05, 4.69) is 4.99 Å². The molecule has 118 valence electrons. The average Bonchev–Trinajstić information content (AvgIpc) is 2.47. The second-order valence-corrected chi connectivity index (χ2v) is 6.57. The van der Waals surface area contributed by atoms with Crippen LogP contribution in [0.3, 0.4) is 0 Å². The highest BCUT2D eigenvalue weighted by Crippen LogP contribution is 2.36. The van der Waals surface area contributed by atoms with Crippen LogP contribution in [0.15, 0.2) is 35.3 Å². The number of likely N-dealkylation sites (tertiary alicyclic amines) is 1. The Morgan fingerprint density at radius 2 is 1.82 bits per heavy atom. The first-order valence-electron chi connectivity index (χ1n) is 7.49. The number of ether oxygens (including phenoxy) is 1. The number of aliphatic imine (C=N–C) groups is 1. The summed E-state index contributed by atoms with van der Waals surface area (Å²) >= 11 is 0. The first-order chi connectivity index (χ1) is 10.4. The SMILES string of the molecule is CC(C)(C)OC(=O)N1CCC(N=C=O)(c2ccccc2)CC1. The highest BCUT2D eigenvalue weighted by atomic mass is 16.6. The fraction of sp³-hybridized carbons (Fsp3) is 0.529. The molecule has 1 amide bonds. The van der Waals surface area contributed by atoms with Gasteiger partial charge in [-0.2, -0.15) is 4.99 Å². The molecule has 1 heterocycles. The predicted molar refractivity (Wildman–Crippen MR) is 83.3 cm³/mol. The minimum Gasteiger partial charge on any atom is -0.444 e. The van der Waals surface area contributed by atoms with E-state index in [1.807, 2.05) is 51.1 Å². The average molecular weight is 302 g/mol. The van der Waals surface area contributed by atoms with Gasteiger partial charge < -0.3 is 9.64 Å². The zero-order chi connectivity index (χ0) is 16.2. The van der Waals surface area contributed by atoms with Gasteiger partial charge in [0.05, 0.1) is 0 Å². The van der Waals surface area contributed by atoms with Gasteiger partial charge in [0.2, 0.25) is 6.08 Å². The number of carbonyl (C=O) groups excluding carboxylic acids is 2. The van der Waals surface area contributed by atoms with Crippen molar-refractivity contribution in [3.8, 4) is 0 Å². The second-order valence-electron chi connectivity index (χ2n) is 6.57. The van der Waals surface area contributed by atoms with Crippen LogP contribution < -0.4 is 0 Å². The van der Waals surface area contributed by atoms with Crippen molar-refractivity contribution in [3.63, 3.8) is 0 Å². The topological polar surface area (TPSA) is 59.0 Å². The first kappa shape index (κ1) is 16.2. The normalized spacial score (nSPS) is 17.5. The van der Waals surface area contributed by atoms with Crippen molar-refractivity contribution in [1.82, 2.24) is 4.90 Å². The maximum Gasteiger partial charge on any atom is 0.410 e. The van der Waals surface area contributed by atoms with Crippen LogP contribution in [0.2, 0.25) is 0 Å². The van der Waals surface area contributed by atoms with Gasteiger partial charge in [-0.1, -0.05) is 30.3 Å². The van der Waals surface area contributed by atoms with Crippen LogP contribution in [0.5, 0.6) is 0 Å². The monoisotopic (exact) mass is 302 g/mol. The largest absolute Gasteiger partial charge is 0.444 e. The van der Waals surface area contributed by atoms with E-state index in [0.717, 1.165) is 5.56 Å². The number of piperidine rings is 1. The molecule has 5 heteroatoms. The van der Waals surface area contributed by atoms with E-state index in [9.17, 15) is 9.59 Å². The Morgan fingerprint density at radius 1 is 1.23 bits per heavy atom. The summed E-state index contributed by atoms with van der Waals surface area (Å²) in [5, 5.41) is 0. The van der Waals surface area contributed by atoms with Crippen molar-refractivity contribution in [2.24, 2.45) is 4.99 Å². The van der Waals surface area contributed by atoms with E-state index in [4.69, 9.17) is 4.74 Å². The minimum atomic E-state index is -0.582. The quantitative estimate of drug-likeness (QED) is 0.622. The van der Waals surface area contributed by atoms with E-state index in [0.29, 0.717) is 25.9 Å². The predicted octanol–water partition coefficient (Wildman–Crippen LogP) is 3.25. The molecule has 0 aliphatic carbocycles. The molecule has 1 aromatic rings. The van der Waals surface area contributed by atoms with E-state index in [1.165, 1.54) is 0 Å². The summed E-state index contributed by atoms with van der Waals surface area (Å²) in [6.45, 7) is 6.56.